The lowest BCUT2D eigenvalue weighted by molar-refractivity contribution is -0.131. The van der Waals surface area contributed by atoms with Gasteiger partial charge in [-0.15, -0.1) is 11.3 Å². The highest BCUT2D eigenvalue weighted by Crippen LogP contribution is 2.58. The maximum Gasteiger partial charge on any atom is 0.224 e. The third kappa shape index (κ3) is 3.23. The van der Waals surface area contributed by atoms with Crippen molar-refractivity contribution in [1.82, 2.24) is 10.2 Å². The maximum absolute atomic E-state index is 12.5. The van der Waals surface area contributed by atoms with Gasteiger partial charge in [0, 0.05) is 35.7 Å². The number of likely N-dealkylation sites (tertiary alicyclic amines) is 1. The predicted octanol–water partition coefficient (Wildman–Crippen LogP) is 3.18. The molecule has 1 saturated heterocycles. The number of thiophene rings is 1. The van der Waals surface area contributed by atoms with Crippen molar-refractivity contribution in [2.75, 3.05) is 13.1 Å². The molecule has 5 heteroatoms. The van der Waals surface area contributed by atoms with E-state index in [0.717, 1.165) is 32.4 Å². The van der Waals surface area contributed by atoms with Crippen LogP contribution in [-0.4, -0.2) is 29.8 Å². The SMILES string of the molecule is O=C(NCc1cccs1)C1CC12CCN(C(=O)CC1CCCC1)C2. The van der Waals surface area contributed by atoms with E-state index < -0.39 is 0 Å². The van der Waals surface area contributed by atoms with E-state index in [1.165, 1.54) is 30.6 Å². The number of nitrogens with one attached hydrogen (secondary N) is 1. The summed E-state index contributed by atoms with van der Waals surface area (Å²) in [4.78, 5) is 28.1. The Hall–Kier alpha value is -1.36. The number of carbonyl (C=O) groups is 2. The standard InChI is InChI=1S/C19H26N2O2S/c22-17(10-14-4-1-2-5-14)21-8-7-19(13-21)11-16(19)18(23)20-12-15-6-3-9-24-15/h3,6,9,14,16H,1-2,4-5,7-8,10-13H2,(H,20,23). The zero-order chi connectivity index (χ0) is 16.6. The molecule has 3 fully saturated rings. The molecule has 1 spiro atoms. The van der Waals surface area contributed by atoms with E-state index in [2.05, 4.69) is 5.32 Å². The Labute approximate surface area is 147 Å². The molecule has 2 unspecified atom stereocenters. The molecule has 2 atom stereocenters. The number of nitrogens with zero attached hydrogens (tertiary/aromatic N) is 1. The van der Waals surface area contributed by atoms with Crippen LogP contribution < -0.4 is 5.32 Å². The van der Waals surface area contributed by atoms with Gasteiger partial charge in [-0.2, -0.15) is 0 Å². The lowest BCUT2D eigenvalue weighted by Crippen LogP contribution is -2.31. The van der Waals surface area contributed by atoms with Crippen molar-refractivity contribution in [2.24, 2.45) is 17.3 Å². The van der Waals surface area contributed by atoms with E-state index in [-0.39, 0.29) is 17.2 Å². The van der Waals surface area contributed by atoms with Crippen molar-refractivity contribution in [3.63, 3.8) is 0 Å². The van der Waals surface area contributed by atoms with Crippen LogP contribution in [0, 0.1) is 17.3 Å². The molecule has 1 N–H and O–H groups in total. The largest absolute Gasteiger partial charge is 0.351 e. The zero-order valence-corrected chi connectivity index (χ0v) is 14.9. The fourth-order valence-corrected chi connectivity index (χ4v) is 5.22. The average Bonchev–Trinajstić information content (AvgIpc) is 3.07. The Morgan fingerprint density at radius 3 is 2.92 bits per heavy atom. The third-order valence-corrected chi connectivity index (χ3v) is 7.08. The summed E-state index contributed by atoms with van der Waals surface area (Å²) in [6, 6.07) is 4.06. The Balaban J connectivity index is 1.25. The summed E-state index contributed by atoms with van der Waals surface area (Å²) in [5, 5.41) is 5.10. The molecule has 3 aliphatic rings. The van der Waals surface area contributed by atoms with Crippen LogP contribution in [0.4, 0.5) is 0 Å². The van der Waals surface area contributed by atoms with Crippen molar-refractivity contribution in [3.05, 3.63) is 22.4 Å². The van der Waals surface area contributed by atoms with Gasteiger partial charge in [-0.1, -0.05) is 18.9 Å². The summed E-state index contributed by atoms with van der Waals surface area (Å²) >= 11 is 1.67. The molecule has 2 amide bonds. The Morgan fingerprint density at radius 2 is 2.17 bits per heavy atom. The summed E-state index contributed by atoms with van der Waals surface area (Å²) in [7, 11) is 0. The third-order valence-electron chi connectivity index (χ3n) is 6.20. The molecule has 2 aliphatic carbocycles. The van der Waals surface area contributed by atoms with Gasteiger partial charge >= 0.3 is 0 Å². The van der Waals surface area contributed by atoms with Gasteiger partial charge in [0.1, 0.15) is 0 Å². The number of carbonyl (C=O) groups excluding carboxylic acids is 2. The zero-order valence-electron chi connectivity index (χ0n) is 14.1. The van der Waals surface area contributed by atoms with Gasteiger partial charge in [0.2, 0.25) is 11.8 Å². The predicted molar refractivity (Wildman–Crippen MR) is 94.5 cm³/mol. The minimum Gasteiger partial charge on any atom is -0.351 e. The normalized spacial score (nSPS) is 29.3. The van der Waals surface area contributed by atoms with E-state index >= 15 is 0 Å². The maximum atomic E-state index is 12.5. The van der Waals surface area contributed by atoms with Gasteiger partial charge in [-0.25, -0.2) is 0 Å². The van der Waals surface area contributed by atoms with Gasteiger partial charge < -0.3 is 10.2 Å². The van der Waals surface area contributed by atoms with Gasteiger partial charge in [0.25, 0.3) is 0 Å². The van der Waals surface area contributed by atoms with E-state index in [4.69, 9.17) is 0 Å². The molecule has 0 aromatic carbocycles. The van der Waals surface area contributed by atoms with Gasteiger partial charge in [-0.3, -0.25) is 9.59 Å². The summed E-state index contributed by atoms with van der Waals surface area (Å²) in [5.41, 5.74) is 0.0882. The Bertz CT molecular complexity index is 609. The summed E-state index contributed by atoms with van der Waals surface area (Å²) in [6.07, 6.45) is 7.70. The highest BCUT2D eigenvalue weighted by Gasteiger charge is 2.61. The monoisotopic (exact) mass is 346 g/mol. The fourth-order valence-electron chi connectivity index (χ4n) is 4.58. The molecule has 1 aromatic heterocycles. The van der Waals surface area contributed by atoms with Gasteiger partial charge in [0.05, 0.1) is 6.54 Å². The first-order valence-electron chi connectivity index (χ1n) is 9.24. The second-order valence-corrected chi connectivity index (χ2v) is 8.87. The van der Waals surface area contributed by atoms with Crippen molar-refractivity contribution in [2.45, 2.75) is 51.5 Å². The molecule has 0 radical (unpaired) electrons. The molecule has 4 nitrogen and oxygen atoms in total. The van der Waals surface area contributed by atoms with Crippen LogP contribution in [-0.2, 0) is 16.1 Å². The molecule has 130 valence electrons. The van der Waals surface area contributed by atoms with Crippen molar-refractivity contribution in [1.29, 1.82) is 0 Å². The average molecular weight is 346 g/mol. The summed E-state index contributed by atoms with van der Waals surface area (Å²) < 4.78 is 0. The fraction of sp³-hybridized carbons (Fsp3) is 0.684. The van der Waals surface area contributed by atoms with Crippen molar-refractivity contribution in [3.8, 4) is 0 Å². The van der Waals surface area contributed by atoms with E-state index in [1.54, 1.807) is 11.3 Å². The van der Waals surface area contributed by atoms with Crippen LogP contribution in [0.25, 0.3) is 0 Å². The van der Waals surface area contributed by atoms with Gasteiger partial charge in [-0.05, 0) is 43.0 Å². The highest BCUT2D eigenvalue weighted by atomic mass is 32.1. The Morgan fingerprint density at radius 1 is 1.33 bits per heavy atom. The molecule has 1 aromatic rings. The first-order chi connectivity index (χ1) is 11.7. The molecular weight excluding hydrogens is 320 g/mol. The van der Waals surface area contributed by atoms with E-state index in [1.807, 2.05) is 22.4 Å². The Kier molecular flexibility index (Phi) is 4.37. The van der Waals surface area contributed by atoms with Crippen LogP contribution in [0.15, 0.2) is 17.5 Å². The minimum atomic E-state index is 0.0882. The van der Waals surface area contributed by atoms with Crippen LogP contribution in [0.2, 0.25) is 0 Å². The van der Waals surface area contributed by atoms with Gasteiger partial charge in [0.15, 0.2) is 0 Å². The number of amides is 2. The number of hydrogen-bond acceptors (Lipinski definition) is 3. The molecule has 1 aliphatic heterocycles. The van der Waals surface area contributed by atoms with E-state index in [0.29, 0.717) is 18.4 Å². The molecule has 0 bridgehead atoms. The first kappa shape index (κ1) is 16.1. The molecule has 2 heterocycles. The van der Waals surface area contributed by atoms with Crippen molar-refractivity contribution >= 4 is 23.2 Å². The molecule has 4 rings (SSSR count). The topological polar surface area (TPSA) is 49.4 Å². The van der Waals surface area contributed by atoms with Crippen LogP contribution in [0.5, 0.6) is 0 Å². The summed E-state index contributed by atoms with van der Waals surface area (Å²) in [6.45, 7) is 2.28. The first-order valence-corrected chi connectivity index (χ1v) is 10.1. The molecule has 24 heavy (non-hydrogen) atoms. The quantitative estimate of drug-likeness (QED) is 0.890. The molecule has 2 saturated carbocycles. The second-order valence-electron chi connectivity index (χ2n) is 7.84. The van der Waals surface area contributed by atoms with Crippen LogP contribution in [0.1, 0.15) is 49.8 Å². The molecular formula is C19H26N2O2S. The second kappa shape index (κ2) is 6.51. The van der Waals surface area contributed by atoms with Crippen LogP contribution >= 0.6 is 11.3 Å². The highest BCUT2D eigenvalue weighted by molar-refractivity contribution is 7.09. The smallest absolute Gasteiger partial charge is 0.224 e. The lowest BCUT2D eigenvalue weighted by Gasteiger charge is -2.19. The minimum absolute atomic E-state index is 0.0882. The number of hydrogen-bond donors (Lipinski definition) is 1. The number of rotatable bonds is 5. The van der Waals surface area contributed by atoms with E-state index in [9.17, 15) is 9.59 Å². The summed E-state index contributed by atoms with van der Waals surface area (Å²) in [5.74, 6) is 1.22. The van der Waals surface area contributed by atoms with Crippen molar-refractivity contribution < 1.29 is 9.59 Å². The van der Waals surface area contributed by atoms with Crippen LogP contribution in [0.3, 0.4) is 0 Å². The lowest BCUT2D eigenvalue weighted by atomic mass is 10.0.